The van der Waals surface area contributed by atoms with Crippen molar-refractivity contribution >= 4 is 11.8 Å². The molecule has 7 nitrogen and oxygen atoms in total. The number of benzene rings is 1. The number of hydrogen-bond acceptors (Lipinski definition) is 5. The summed E-state index contributed by atoms with van der Waals surface area (Å²) in [7, 11) is 0. The lowest BCUT2D eigenvalue weighted by atomic mass is 10.1. The van der Waals surface area contributed by atoms with Crippen molar-refractivity contribution in [2.45, 2.75) is 13.0 Å². The smallest absolute Gasteiger partial charge is 0.247 e. The van der Waals surface area contributed by atoms with Crippen molar-refractivity contribution in [3.8, 4) is 11.5 Å². The van der Waals surface area contributed by atoms with Crippen molar-refractivity contribution < 1.29 is 14.0 Å². The minimum absolute atomic E-state index is 0.117. The molecule has 1 aliphatic heterocycles. The first kappa shape index (κ1) is 15.9. The van der Waals surface area contributed by atoms with Gasteiger partial charge in [0.1, 0.15) is 0 Å². The van der Waals surface area contributed by atoms with Gasteiger partial charge >= 0.3 is 0 Å². The number of nitrogens with one attached hydrogen (secondary N) is 1. The Morgan fingerprint density at radius 2 is 2.12 bits per heavy atom. The van der Waals surface area contributed by atoms with Crippen LogP contribution in [-0.4, -0.2) is 40.0 Å². The molecule has 1 unspecified atom stereocenters. The molecule has 1 atom stereocenters. The predicted molar refractivity (Wildman–Crippen MR) is 86.5 cm³/mol. The van der Waals surface area contributed by atoms with Gasteiger partial charge in [0, 0.05) is 18.7 Å². The van der Waals surface area contributed by atoms with E-state index >= 15 is 0 Å². The molecule has 0 aliphatic carbocycles. The normalized spacial score (nSPS) is 16.8. The molecule has 1 aliphatic rings. The summed E-state index contributed by atoms with van der Waals surface area (Å²) >= 11 is 0. The minimum Gasteiger partial charge on any atom is -0.419 e. The van der Waals surface area contributed by atoms with Crippen molar-refractivity contribution in [2.24, 2.45) is 5.92 Å². The average Bonchev–Trinajstić information content (AvgIpc) is 3.29. The van der Waals surface area contributed by atoms with Crippen LogP contribution in [0.15, 0.2) is 47.4 Å². The van der Waals surface area contributed by atoms with Gasteiger partial charge in [-0.25, -0.2) is 0 Å². The number of nitrogens with zero attached hydrogens (tertiary/aromatic N) is 3. The number of aromatic nitrogens is 2. The van der Waals surface area contributed by atoms with Crippen LogP contribution in [0.1, 0.15) is 12.3 Å². The Morgan fingerprint density at radius 3 is 2.88 bits per heavy atom. The Kier molecular flexibility index (Phi) is 4.69. The monoisotopic (exact) mass is 326 g/mol. The molecule has 2 aromatic rings. The predicted octanol–water partition coefficient (Wildman–Crippen LogP) is 1.39. The standard InChI is InChI=1S/C17H18N4O3/c1-2-15(22)21-9-8-13(11-21)16(23)18-10-14-19-20-17(24-14)12-6-4-3-5-7-12/h2-7,13H,1,8-11H2,(H,18,23). The van der Waals surface area contributed by atoms with E-state index in [0.717, 1.165) is 5.56 Å². The highest BCUT2D eigenvalue weighted by Crippen LogP contribution is 2.18. The van der Waals surface area contributed by atoms with Crippen LogP contribution in [0.2, 0.25) is 0 Å². The first-order valence-corrected chi connectivity index (χ1v) is 7.74. The largest absolute Gasteiger partial charge is 0.419 e. The number of likely N-dealkylation sites (tertiary alicyclic amines) is 1. The van der Waals surface area contributed by atoms with Gasteiger partial charge in [0.15, 0.2) is 0 Å². The Hall–Kier alpha value is -2.96. The number of carbonyl (C=O) groups excluding carboxylic acids is 2. The van der Waals surface area contributed by atoms with Crippen LogP contribution in [0.4, 0.5) is 0 Å². The van der Waals surface area contributed by atoms with Gasteiger partial charge in [-0.05, 0) is 24.6 Å². The molecule has 0 bridgehead atoms. The molecule has 1 saturated heterocycles. The highest BCUT2D eigenvalue weighted by Gasteiger charge is 2.30. The van der Waals surface area contributed by atoms with Crippen molar-refractivity contribution in [3.63, 3.8) is 0 Å². The maximum atomic E-state index is 12.2. The molecule has 1 fully saturated rings. The summed E-state index contributed by atoms with van der Waals surface area (Å²) in [6.07, 6.45) is 1.91. The van der Waals surface area contributed by atoms with Gasteiger partial charge in [0.25, 0.3) is 0 Å². The first-order valence-electron chi connectivity index (χ1n) is 7.74. The number of amides is 2. The lowest BCUT2D eigenvalue weighted by Gasteiger charge is -2.13. The second-order valence-corrected chi connectivity index (χ2v) is 5.56. The first-order chi connectivity index (χ1) is 11.7. The number of hydrogen-bond donors (Lipinski definition) is 1. The molecule has 1 aromatic carbocycles. The molecule has 2 heterocycles. The third-order valence-corrected chi connectivity index (χ3v) is 3.95. The van der Waals surface area contributed by atoms with Crippen LogP contribution in [-0.2, 0) is 16.1 Å². The lowest BCUT2D eigenvalue weighted by molar-refractivity contribution is -0.126. The van der Waals surface area contributed by atoms with Gasteiger partial charge in [-0.3, -0.25) is 9.59 Å². The van der Waals surface area contributed by atoms with Crippen LogP contribution in [0.3, 0.4) is 0 Å². The summed E-state index contributed by atoms with van der Waals surface area (Å²) < 4.78 is 5.54. The summed E-state index contributed by atoms with van der Waals surface area (Å²) in [5.74, 6) is 0.289. The summed E-state index contributed by atoms with van der Waals surface area (Å²) in [5.41, 5.74) is 0.831. The molecular formula is C17H18N4O3. The van der Waals surface area contributed by atoms with Gasteiger partial charge in [0.2, 0.25) is 23.6 Å². The Bertz CT molecular complexity index is 741. The quantitative estimate of drug-likeness (QED) is 0.839. The summed E-state index contributed by atoms with van der Waals surface area (Å²) in [4.78, 5) is 25.4. The van der Waals surface area contributed by atoms with E-state index in [1.165, 1.54) is 6.08 Å². The maximum absolute atomic E-state index is 12.2. The summed E-state index contributed by atoms with van der Waals surface area (Å²) in [6, 6.07) is 9.43. The van der Waals surface area contributed by atoms with Crippen molar-refractivity contribution in [1.29, 1.82) is 0 Å². The summed E-state index contributed by atoms with van der Waals surface area (Å²) in [5, 5.41) is 10.7. The van der Waals surface area contributed by atoms with Gasteiger partial charge in [-0.2, -0.15) is 0 Å². The molecule has 24 heavy (non-hydrogen) atoms. The molecule has 0 saturated carbocycles. The third-order valence-electron chi connectivity index (χ3n) is 3.95. The fraction of sp³-hybridized carbons (Fsp3) is 0.294. The van der Waals surface area contributed by atoms with Crippen LogP contribution in [0.25, 0.3) is 11.5 Å². The van der Waals surface area contributed by atoms with Crippen LogP contribution < -0.4 is 5.32 Å². The second kappa shape index (κ2) is 7.08. The molecule has 2 amide bonds. The molecule has 0 spiro atoms. The van der Waals surface area contributed by atoms with E-state index in [2.05, 4.69) is 22.1 Å². The Balaban J connectivity index is 1.53. The fourth-order valence-corrected chi connectivity index (χ4v) is 2.63. The molecule has 0 radical (unpaired) electrons. The zero-order chi connectivity index (χ0) is 16.9. The van der Waals surface area contributed by atoms with Gasteiger partial charge in [-0.15, -0.1) is 10.2 Å². The highest BCUT2D eigenvalue weighted by atomic mass is 16.4. The van der Waals surface area contributed by atoms with Crippen LogP contribution >= 0.6 is 0 Å². The van der Waals surface area contributed by atoms with E-state index in [9.17, 15) is 9.59 Å². The number of rotatable bonds is 5. The van der Waals surface area contributed by atoms with E-state index in [0.29, 0.717) is 31.3 Å². The van der Waals surface area contributed by atoms with Crippen molar-refractivity contribution in [3.05, 3.63) is 48.9 Å². The Morgan fingerprint density at radius 1 is 1.33 bits per heavy atom. The second-order valence-electron chi connectivity index (χ2n) is 5.56. The maximum Gasteiger partial charge on any atom is 0.247 e. The molecule has 1 aromatic heterocycles. The molecule has 1 N–H and O–H groups in total. The van der Waals surface area contributed by atoms with Crippen LogP contribution in [0, 0.1) is 5.92 Å². The van der Waals surface area contributed by atoms with E-state index in [1.807, 2.05) is 30.3 Å². The zero-order valence-corrected chi connectivity index (χ0v) is 13.1. The van der Waals surface area contributed by atoms with E-state index in [4.69, 9.17) is 4.42 Å². The van der Waals surface area contributed by atoms with E-state index < -0.39 is 0 Å². The van der Waals surface area contributed by atoms with Crippen molar-refractivity contribution in [2.75, 3.05) is 13.1 Å². The van der Waals surface area contributed by atoms with Crippen molar-refractivity contribution in [1.82, 2.24) is 20.4 Å². The van der Waals surface area contributed by atoms with Gasteiger partial charge < -0.3 is 14.6 Å². The molecule has 7 heteroatoms. The third kappa shape index (κ3) is 3.51. The van der Waals surface area contributed by atoms with Gasteiger partial charge in [0.05, 0.1) is 12.5 Å². The van der Waals surface area contributed by atoms with Gasteiger partial charge in [-0.1, -0.05) is 24.8 Å². The zero-order valence-electron chi connectivity index (χ0n) is 13.1. The van der Waals surface area contributed by atoms with E-state index in [-0.39, 0.29) is 24.3 Å². The average molecular weight is 326 g/mol. The topological polar surface area (TPSA) is 88.3 Å². The number of carbonyl (C=O) groups is 2. The SMILES string of the molecule is C=CC(=O)N1CCC(C(=O)NCc2nnc(-c3ccccc3)o2)C1. The van der Waals surface area contributed by atoms with Crippen LogP contribution in [0.5, 0.6) is 0 Å². The molecule has 3 rings (SSSR count). The molecular weight excluding hydrogens is 308 g/mol. The highest BCUT2D eigenvalue weighted by molar-refractivity contribution is 5.88. The lowest BCUT2D eigenvalue weighted by Crippen LogP contribution is -2.33. The minimum atomic E-state index is -0.217. The molecule has 124 valence electrons. The Labute approximate surface area is 139 Å². The fourth-order valence-electron chi connectivity index (χ4n) is 2.63. The summed E-state index contributed by atoms with van der Waals surface area (Å²) in [6.45, 7) is 4.61. The van der Waals surface area contributed by atoms with E-state index in [1.54, 1.807) is 4.90 Å².